The zero-order valence-electron chi connectivity index (χ0n) is 17.6. The molecule has 0 heterocycles. The van der Waals surface area contributed by atoms with E-state index in [0.717, 1.165) is 0 Å². The first-order valence-electron chi connectivity index (χ1n) is 9.92. The zero-order chi connectivity index (χ0) is 23.8. The first-order valence-corrected chi connectivity index (χ1v) is 11.4. The summed E-state index contributed by atoms with van der Waals surface area (Å²) >= 11 is 8.02. The van der Waals surface area contributed by atoms with E-state index in [9.17, 15) is 14.4 Å². The van der Waals surface area contributed by atoms with Crippen LogP contribution in [0.1, 0.15) is 18.1 Å². The molecule has 0 bridgehead atoms. The maximum Gasteiger partial charge on any atom is 0.266 e. The van der Waals surface area contributed by atoms with E-state index in [1.807, 2.05) is 13.0 Å². The summed E-state index contributed by atoms with van der Waals surface area (Å²) in [5, 5.41) is 12.7. The lowest BCUT2D eigenvalue weighted by atomic mass is 10.1. The summed E-state index contributed by atoms with van der Waals surface area (Å²) in [5.41, 5.74) is 1.39. The number of amides is 1. The number of ether oxygens (including phenoxy) is 2. The molecule has 1 N–H and O–H groups in total. The molecular formula is C25H19ClFIN2O3. The van der Waals surface area contributed by atoms with E-state index in [2.05, 4.69) is 27.9 Å². The molecule has 8 heteroatoms. The lowest BCUT2D eigenvalue weighted by Crippen LogP contribution is -2.13. The highest BCUT2D eigenvalue weighted by Crippen LogP contribution is 2.35. The quantitative estimate of drug-likeness (QED) is 0.186. The zero-order valence-corrected chi connectivity index (χ0v) is 20.5. The minimum atomic E-state index is -0.562. The topological polar surface area (TPSA) is 71.3 Å². The number of hydrogen-bond donors (Lipinski definition) is 1. The van der Waals surface area contributed by atoms with Crippen molar-refractivity contribution in [1.82, 2.24) is 0 Å². The number of halogens is 3. The number of carbonyl (C=O) groups excluding carboxylic acids is 1. The summed E-state index contributed by atoms with van der Waals surface area (Å²) < 4.78 is 26.2. The Morgan fingerprint density at radius 3 is 2.67 bits per heavy atom. The molecule has 0 fully saturated rings. The molecule has 0 atom stereocenters. The van der Waals surface area contributed by atoms with Crippen molar-refractivity contribution in [3.8, 4) is 17.6 Å². The van der Waals surface area contributed by atoms with Gasteiger partial charge in [-0.2, -0.15) is 5.26 Å². The van der Waals surface area contributed by atoms with Gasteiger partial charge >= 0.3 is 0 Å². The molecule has 33 heavy (non-hydrogen) atoms. The predicted octanol–water partition coefficient (Wildman–Crippen LogP) is 6.61. The van der Waals surface area contributed by atoms with E-state index >= 15 is 0 Å². The van der Waals surface area contributed by atoms with Gasteiger partial charge in [0.2, 0.25) is 0 Å². The summed E-state index contributed by atoms with van der Waals surface area (Å²) in [6.07, 6.45) is 1.46. The maximum atomic E-state index is 13.9. The van der Waals surface area contributed by atoms with Gasteiger partial charge in [-0.1, -0.05) is 35.9 Å². The Labute approximate surface area is 209 Å². The van der Waals surface area contributed by atoms with E-state index in [1.165, 1.54) is 12.1 Å². The number of benzene rings is 3. The molecular weight excluding hydrogens is 558 g/mol. The van der Waals surface area contributed by atoms with Crippen LogP contribution in [0.5, 0.6) is 11.5 Å². The van der Waals surface area contributed by atoms with Crippen molar-refractivity contribution in [3.63, 3.8) is 0 Å². The van der Waals surface area contributed by atoms with Gasteiger partial charge in [-0.15, -0.1) is 0 Å². The van der Waals surface area contributed by atoms with E-state index in [0.29, 0.717) is 43.5 Å². The van der Waals surface area contributed by atoms with E-state index in [1.54, 1.807) is 54.6 Å². The number of nitriles is 1. The van der Waals surface area contributed by atoms with Gasteiger partial charge in [-0.3, -0.25) is 4.79 Å². The number of rotatable bonds is 8. The molecule has 0 aromatic heterocycles. The number of hydrogen-bond acceptors (Lipinski definition) is 4. The van der Waals surface area contributed by atoms with Crippen LogP contribution in [0.25, 0.3) is 6.08 Å². The number of nitrogens with zero attached hydrogens (tertiary/aromatic N) is 1. The molecule has 0 saturated carbocycles. The molecule has 5 nitrogen and oxygen atoms in total. The molecule has 168 valence electrons. The third kappa shape index (κ3) is 6.70. The number of anilines is 1. The summed E-state index contributed by atoms with van der Waals surface area (Å²) in [7, 11) is 0. The standard InChI is InChI=1S/C25H19ClFIN2O3/c1-2-32-23-12-16(10-18(14-29)25(31)30-20-8-5-7-19(26)13-20)11-22(28)24(23)33-15-17-6-3-4-9-21(17)27/h3-13H,2,15H2,1H3,(H,30,31)/b18-10+. The van der Waals surface area contributed by atoms with Gasteiger partial charge < -0.3 is 14.8 Å². The van der Waals surface area contributed by atoms with Crippen LogP contribution in [0.4, 0.5) is 10.1 Å². The van der Waals surface area contributed by atoms with Crippen LogP contribution in [-0.4, -0.2) is 12.5 Å². The molecule has 0 aliphatic carbocycles. The van der Waals surface area contributed by atoms with Crippen molar-refractivity contribution in [2.45, 2.75) is 13.5 Å². The van der Waals surface area contributed by atoms with Crippen LogP contribution >= 0.6 is 34.2 Å². The fourth-order valence-electron chi connectivity index (χ4n) is 2.92. The average molecular weight is 577 g/mol. The Hall–Kier alpha value is -3.09. The minimum Gasteiger partial charge on any atom is -0.490 e. The maximum absolute atomic E-state index is 13.9. The second kappa shape index (κ2) is 11.7. The van der Waals surface area contributed by atoms with Gasteiger partial charge in [0.15, 0.2) is 11.5 Å². The first-order chi connectivity index (χ1) is 15.9. The lowest BCUT2D eigenvalue weighted by Gasteiger charge is -2.15. The van der Waals surface area contributed by atoms with Crippen LogP contribution in [-0.2, 0) is 11.4 Å². The van der Waals surface area contributed by atoms with Crippen molar-refractivity contribution in [1.29, 1.82) is 5.26 Å². The highest BCUT2D eigenvalue weighted by molar-refractivity contribution is 14.1. The third-order valence-electron chi connectivity index (χ3n) is 4.42. The van der Waals surface area contributed by atoms with Crippen molar-refractivity contribution in [3.05, 3.63) is 91.8 Å². The molecule has 0 aliphatic heterocycles. The fourth-order valence-corrected chi connectivity index (χ4v) is 3.89. The largest absolute Gasteiger partial charge is 0.490 e. The average Bonchev–Trinajstić information content (AvgIpc) is 2.78. The van der Waals surface area contributed by atoms with Gasteiger partial charge in [0.05, 0.1) is 10.2 Å². The molecule has 3 aromatic rings. The van der Waals surface area contributed by atoms with Crippen LogP contribution in [0.2, 0.25) is 5.02 Å². The summed E-state index contributed by atoms with van der Waals surface area (Å²) in [6.45, 7) is 2.23. The molecule has 0 radical (unpaired) electrons. The third-order valence-corrected chi connectivity index (χ3v) is 5.46. The Bertz CT molecular complexity index is 1240. The van der Waals surface area contributed by atoms with Crippen molar-refractivity contribution in [2.75, 3.05) is 11.9 Å². The van der Waals surface area contributed by atoms with E-state index in [-0.39, 0.29) is 18.0 Å². The van der Waals surface area contributed by atoms with Crippen molar-refractivity contribution >= 4 is 51.9 Å². The highest BCUT2D eigenvalue weighted by atomic mass is 127. The van der Waals surface area contributed by atoms with E-state index in [4.69, 9.17) is 21.1 Å². The first kappa shape index (κ1) is 24.6. The second-order valence-corrected chi connectivity index (χ2v) is 8.38. The SMILES string of the molecule is CCOc1cc(/C=C(\C#N)C(=O)Nc2cccc(Cl)c2)cc(I)c1OCc1ccccc1F. The van der Waals surface area contributed by atoms with Crippen LogP contribution in [0, 0.1) is 20.7 Å². The molecule has 0 aliphatic rings. The summed E-state index contributed by atoms with van der Waals surface area (Å²) in [4.78, 5) is 12.6. The second-order valence-electron chi connectivity index (χ2n) is 6.78. The normalized spacial score (nSPS) is 10.9. The van der Waals surface area contributed by atoms with Gasteiger partial charge in [0.1, 0.15) is 24.1 Å². The molecule has 0 saturated heterocycles. The van der Waals surface area contributed by atoms with E-state index < -0.39 is 5.91 Å². The van der Waals surface area contributed by atoms with Gasteiger partial charge in [0, 0.05) is 16.3 Å². The number of carbonyl (C=O) groups is 1. The fraction of sp³-hybridized carbons (Fsp3) is 0.120. The Balaban J connectivity index is 1.86. The van der Waals surface area contributed by atoms with Crippen molar-refractivity contribution < 1.29 is 18.7 Å². The Kier molecular flexibility index (Phi) is 8.69. The van der Waals surface area contributed by atoms with Crippen LogP contribution < -0.4 is 14.8 Å². The molecule has 0 unspecified atom stereocenters. The molecule has 3 aromatic carbocycles. The Morgan fingerprint density at radius 1 is 1.18 bits per heavy atom. The molecule has 3 rings (SSSR count). The predicted molar refractivity (Wildman–Crippen MR) is 135 cm³/mol. The van der Waals surface area contributed by atoms with Gasteiger partial charge in [-0.25, -0.2) is 4.39 Å². The highest BCUT2D eigenvalue weighted by Gasteiger charge is 2.15. The Morgan fingerprint density at radius 2 is 1.97 bits per heavy atom. The van der Waals surface area contributed by atoms with Crippen molar-refractivity contribution in [2.24, 2.45) is 0 Å². The van der Waals surface area contributed by atoms with Gasteiger partial charge in [0.25, 0.3) is 5.91 Å². The summed E-state index contributed by atoms with van der Waals surface area (Å²) in [6, 6.07) is 18.4. The van der Waals surface area contributed by atoms with Gasteiger partial charge in [-0.05, 0) is 77.6 Å². The molecule has 1 amide bonds. The lowest BCUT2D eigenvalue weighted by molar-refractivity contribution is -0.112. The monoisotopic (exact) mass is 576 g/mol. The summed E-state index contributed by atoms with van der Waals surface area (Å²) in [5.74, 6) is -0.0266. The number of nitrogens with one attached hydrogen (secondary N) is 1. The smallest absolute Gasteiger partial charge is 0.266 e. The van der Waals surface area contributed by atoms with Crippen LogP contribution in [0.15, 0.2) is 66.2 Å². The minimum absolute atomic E-state index is 0.0312. The van der Waals surface area contributed by atoms with Crippen LogP contribution in [0.3, 0.4) is 0 Å². The molecule has 0 spiro atoms.